The van der Waals surface area contributed by atoms with Crippen molar-refractivity contribution in [1.29, 1.82) is 10.5 Å². The molecule has 0 aliphatic carbocycles. The molecular formula is C33H39BFN9. The fourth-order valence-electron chi connectivity index (χ4n) is 5.53. The van der Waals surface area contributed by atoms with E-state index in [1.54, 1.807) is 18.2 Å². The van der Waals surface area contributed by atoms with E-state index in [0.717, 1.165) is 19.5 Å². The number of aromatic nitrogens is 1. The minimum absolute atomic E-state index is 0.0603. The predicted octanol–water partition coefficient (Wildman–Crippen LogP) is 5.05. The van der Waals surface area contributed by atoms with Gasteiger partial charge in [0, 0.05) is 54.7 Å². The van der Waals surface area contributed by atoms with Crippen LogP contribution in [0.1, 0.15) is 64.7 Å². The van der Waals surface area contributed by atoms with Crippen LogP contribution in [0.5, 0.6) is 0 Å². The fourth-order valence-corrected chi connectivity index (χ4v) is 5.53. The number of hydrogen-bond acceptors (Lipinski definition) is 9. The first-order chi connectivity index (χ1) is 20.7. The highest BCUT2D eigenvalue weighted by molar-refractivity contribution is 6.19. The van der Waals surface area contributed by atoms with E-state index in [1.165, 1.54) is 18.3 Å². The van der Waals surface area contributed by atoms with Gasteiger partial charge in [0.05, 0.1) is 33.5 Å². The van der Waals surface area contributed by atoms with Crippen LogP contribution in [0.2, 0.25) is 0 Å². The third-order valence-electron chi connectivity index (χ3n) is 7.97. The van der Waals surface area contributed by atoms with Crippen molar-refractivity contribution in [3.63, 3.8) is 0 Å². The molecule has 3 atom stereocenters. The van der Waals surface area contributed by atoms with Crippen molar-refractivity contribution in [3.8, 4) is 12.1 Å². The first-order valence-electron chi connectivity index (χ1n) is 14.8. The van der Waals surface area contributed by atoms with Crippen molar-refractivity contribution in [2.75, 3.05) is 30.3 Å². The largest absolute Gasteiger partial charge is 0.383 e. The Balaban J connectivity index is 1.51. The Labute approximate surface area is 260 Å². The van der Waals surface area contributed by atoms with Gasteiger partial charge in [0.25, 0.3) is 0 Å². The first kappa shape index (κ1) is 31.1. The third kappa shape index (κ3) is 6.60. The molecule has 9 nitrogen and oxygen atoms in total. The minimum atomic E-state index is -1.34. The van der Waals surface area contributed by atoms with E-state index in [2.05, 4.69) is 85.2 Å². The lowest BCUT2D eigenvalue weighted by Crippen LogP contribution is -2.45. The first-order valence-corrected chi connectivity index (χ1v) is 14.8. The fraction of sp³-hybridized carbons (Fsp3) is 0.424. The molecule has 0 saturated carbocycles. The van der Waals surface area contributed by atoms with Gasteiger partial charge in [0.2, 0.25) is 0 Å². The second-order valence-electron chi connectivity index (χ2n) is 13.8. The lowest BCUT2D eigenvalue weighted by molar-refractivity contribution is 0.241. The highest BCUT2D eigenvalue weighted by Gasteiger charge is 2.42. The summed E-state index contributed by atoms with van der Waals surface area (Å²) in [6.07, 6.45) is 4.38. The van der Waals surface area contributed by atoms with Gasteiger partial charge in [-0.05, 0) is 62.4 Å². The number of benzene rings is 2. The van der Waals surface area contributed by atoms with E-state index >= 15 is 0 Å². The van der Waals surface area contributed by atoms with Crippen LogP contribution >= 0.6 is 0 Å². The third-order valence-corrected chi connectivity index (χ3v) is 7.97. The molecular weight excluding hydrogens is 552 g/mol. The smallest absolute Gasteiger partial charge is 0.123 e. The molecule has 2 aliphatic rings. The molecule has 5 rings (SSSR count). The van der Waals surface area contributed by atoms with Gasteiger partial charge in [0.1, 0.15) is 25.8 Å². The van der Waals surface area contributed by atoms with Crippen LogP contribution in [-0.2, 0) is 5.44 Å². The Bertz CT molecular complexity index is 1660. The highest BCUT2D eigenvalue weighted by Crippen LogP contribution is 2.36. The molecule has 226 valence electrons. The number of rotatable bonds is 9. The molecule has 2 aliphatic heterocycles. The lowest BCUT2D eigenvalue weighted by atomic mass is 9.69. The van der Waals surface area contributed by atoms with Gasteiger partial charge < -0.3 is 16.1 Å². The van der Waals surface area contributed by atoms with E-state index in [1.807, 2.05) is 17.3 Å². The van der Waals surface area contributed by atoms with Crippen LogP contribution in [0.15, 0.2) is 54.5 Å². The summed E-state index contributed by atoms with van der Waals surface area (Å²) in [4.78, 5) is 6.92. The molecule has 2 radical (unpaired) electrons. The molecule has 2 aromatic carbocycles. The van der Waals surface area contributed by atoms with E-state index in [-0.39, 0.29) is 16.8 Å². The van der Waals surface area contributed by atoms with Crippen LogP contribution in [0, 0.1) is 33.9 Å². The van der Waals surface area contributed by atoms with Crippen LogP contribution in [0.3, 0.4) is 0 Å². The minimum Gasteiger partial charge on any atom is -0.383 e. The summed E-state index contributed by atoms with van der Waals surface area (Å²) < 4.78 is 14.0. The number of halogens is 1. The van der Waals surface area contributed by atoms with Crippen LogP contribution in [-0.4, -0.2) is 54.0 Å². The SMILES string of the molecule is [B][C@@](Nc1cc(C#N)c2ncc(C#N)c(NCC(C)(C)C)c2c1)(C1=CN(CCC2CN2C(C)(C)C)NN1)c1ccc(F)cc1. The molecule has 11 heteroatoms. The van der Waals surface area contributed by atoms with E-state index < -0.39 is 5.44 Å². The molecule has 1 fully saturated rings. The maximum atomic E-state index is 14.0. The maximum Gasteiger partial charge on any atom is 0.123 e. The summed E-state index contributed by atoms with van der Waals surface area (Å²) in [6.45, 7) is 15.4. The monoisotopic (exact) mass is 591 g/mol. The zero-order chi connectivity index (χ0) is 31.9. The molecule has 2 unspecified atom stereocenters. The van der Waals surface area contributed by atoms with E-state index in [9.17, 15) is 14.9 Å². The number of pyridine rings is 1. The van der Waals surface area contributed by atoms with Gasteiger partial charge in [0.15, 0.2) is 0 Å². The number of hydrazine groups is 2. The zero-order valence-corrected chi connectivity index (χ0v) is 26.2. The molecule has 44 heavy (non-hydrogen) atoms. The molecule has 3 heterocycles. The van der Waals surface area contributed by atoms with Gasteiger partial charge in [-0.25, -0.2) is 4.39 Å². The number of nitrogens with one attached hydrogen (secondary N) is 4. The molecule has 0 spiro atoms. The van der Waals surface area contributed by atoms with Crippen molar-refractivity contribution < 1.29 is 4.39 Å². The number of anilines is 2. The second-order valence-corrected chi connectivity index (χ2v) is 13.8. The Hall–Kier alpha value is -4.32. The summed E-state index contributed by atoms with van der Waals surface area (Å²) in [5.74, 6) is -0.376. The summed E-state index contributed by atoms with van der Waals surface area (Å²) in [6, 6.07) is 14.5. The van der Waals surface area contributed by atoms with E-state index in [4.69, 9.17) is 7.85 Å². The van der Waals surface area contributed by atoms with Gasteiger partial charge in [-0.15, -0.1) is 5.53 Å². The quantitative estimate of drug-likeness (QED) is 0.201. The van der Waals surface area contributed by atoms with Gasteiger partial charge in [-0.1, -0.05) is 32.9 Å². The van der Waals surface area contributed by atoms with Gasteiger partial charge in [-0.3, -0.25) is 14.9 Å². The summed E-state index contributed by atoms with van der Waals surface area (Å²) in [5.41, 5.74) is 8.69. The number of nitriles is 2. The maximum absolute atomic E-state index is 14.0. The molecule has 4 N–H and O–H groups in total. The molecule has 0 amide bonds. The highest BCUT2D eigenvalue weighted by atomic mass is 19.1. The van der Waals surface area contributed by atoms with Crippen LogP contribution < -0.4 is 21.6 Å². The Morgan fingerprint density at radius 2 is 1.77 bits per heavy atom. The van der Waals surface area contributed by atoms with Gasteiger partial charge in [-0.2, -0.15) is 10.5 Å². The Morgan fingerprint density at radius 3 is 2.39 bits per heavy atom. The zero-order valence-electron chi connectivity index (χ0n) is 26.2. The summed E-state index contributed by atoms with van der Waals surface area (Å²) >= 11 is 0. The van der Waals surface area contributed by atoms with Crippen LogP contribution in [0.4, 0.5) is 15.8 Å². The number of nitrogens with zero attached hydrogens (tertiary/aromatic N) is 5. The van der Waals surface area contributed by atoms with Crippen molar-refractivity contribution in [2.45, 2.75) is 65.0 Å². The molecule has 3 aromatic rings. The van der Waals surface area contributed by atoms with Gasteiger partial charge >= 0.3 is 0 Å². The molecule has 1 aromatic heterocycles. The average Bonchev–Trinajstić information content (AvgIpc) is 3.61. The van der Waals surface area contributed by atoms with E-state index in [0.29, 0.717) is 57.3 Å². The van der Waals surface area contributed by atoms with Crippen LogP contribution in [0.25, 0.3) is 10.9 Å². The topological polar surface area (TPSA) is 115 Å². The Morgan fingerprint density at radius 1 is 1.07 bits per heavy atom. The predicted molar refractivity (Wildman–Crippen MR) is 172 cm³/mol. The standard InChI is InChI=1S/C33H39BFN9/c1-31(2,3)20-39-30-22(16-37)17-38-29-21(15-36)13-25(14-27(29)30)40-33(34,23-7-9-24(35)10-8-23)28-19-43(42-41-28)12-11-26-18-44(26)32(4,5)6/h7-10,13-14,17,19,26,40-42H,11-12,18,20H2,1-6H3,(H,38,39)/t26?,33-,44?/m0/s1. The summed E-state index contributed by atoms with van der Waals surface area (Å²) in [5, 5.41) is 29.4. The number of hydrogen-bond donors (Lipinski definition) is 4. The molecule has 1 saturated heterocycles. The number of fused-ring (bicyclic) bond motifs is 1. The van der Waals surface area contributed by atoms with Crippen molar-refractivity contribution in [1.82, 2.24) is 25.9 Å². The lowest BCUT2D eigenvalue weighted by Gasteiger charge is -2.34. The average molecular weight is 592 g/mol. The van der Waals surface area contributed by atoms with Crippen molar-refractivity contribution in [2.24, 2.45) is 5.41 Å². The molecule has 0 bridgehead atoms. The van der Waals surface area contributed by atoms with Crippen molar-refractivity contribution in [3.05, 3.63) is 77.0 Å². The second kappa shape index (κ2) is 11.6. The van der Waals surface area contributed by atoms with Crippen molar-refractivity contribution >= 4 is 30.1 Å². The Kier molecular flexibility index (Phi) is 8.24. The summed E-state index contributed by atoms with van der Waals surface area (Å²) in [7, 11) is 7.16. The normalized spacial score (nSPS) is 19.4.